The second kappa shape index (κ2) is 5.69. The Morgan fingerprint density at radius 3 is 2.18 bits per heavy atom. The Morgan fingerprint density at radius 1 is 1.12 bits per heavy atom. The van der Waals surface area contributed by atoms with E-state index in [-0.39, 0.29) is 0 Å². The first kappa shape index (κ1) is 12.6. The maximum absolute atomic E-state index is 4.46. The maximum Gasteiger partial charge on any atom is 0.225 e. The van der Waals surface area contributed by atoms with Gasteiger partial charge in [0, 0.05) is 38.6 Å². The van der Waals surface area contributed by atoms with E-state index >= 15 is 0 Å². The molecule has 0 N–H and O–H groups in total. The minimum atomic E-state index is 0.498. The van der Waals surface area contributed by atoms with Crippen molar-refractivity contribution >= 4 is 17.9 Å². The van der Waals surface area contributed by atoms with Crippen LogP contribution < -0.4 is 4.90 Å². The molecule has 1 aliphatic rings. The van der Waals surface area contributed by atoms with Gasteiger partial charge in [-0.25, -0.2) is 14.3 Å². The van der Waals surface area contributed by atoms with Gasteiger partial charge in [-0.2, -0.15) is 0 Å². The molecule has 0 bridgehead atoms. The Hall–Kier alpha value is -0.810. The van der Waals surface area contributed by atoms with Gasteiger partial charge in [-0.3, -0.25) is 0 Å². The van der Waals surface area contributed by atoms with Crippen molar-refractivity contribution in [2.24, 2.45) is 0 Å². The first-order valence-electron chi connectivity index (χ1n) is 6.06. The van der Waals surface area contributed by atoms with Gasteiger partial charge in [0.15, 0.2) is 0 Å². The van der Waals surface area contributed by atoms with Crippen LogP contribution in [-0.2, 0) is 0 Å². The molecule has 17 heavy (non-hydrogen) atoms. The standard InChI is InChI=1S/C12H20N4S/c1-10(2)11-8-13-12(14-9-11)15-4-6-16(17-3)7-5-15/h8-10H,4-7H2,1-3H3. The van der Waals surface area contributed by atoms with E-state index in [1.807, 2.05) is 24.3 Å². The highest BCUT2D eigenvalue weighted by Gasteiger charge is 2.18. The largest absolute Gasteiger partial charge is 0.338 e. The summed E-state index contributed by atoms with van der Waals surface area (Å²) in [5.74, 6) is 1.37. The molecule has 1 aromatic heterocycles. The summed E-state index contributed by atoms with van der Waals surface area (Å²) in [6.07, 6.45) is 6.03. The lowest BCUT2D eigenvalue weighted by atomic mass is 10.1. The highest BCUT2D eigenvalue weighted by molar-refractivity contribution is 7.96. The van der Waals surface area contributed by atoms with Gasteiger partial charge in [-0.1, -0.05) is 25.8 Å². The van der Waals surface area contributed by atoms with Gasteiger partial charge < -0.3 is 4.90 Å². The summed E-state index contributed by atoms with van der Waals surface area (Å²) in [5.41, 5.74) is 1.21. The Bertz CT molecular complexity index is 344. The smallest absolute Gasteiger partial charge is 0.225 e. The van der Waals surface area contributed by atoms with Gasteiger partial charge in [0.25, 0.3) is 0 Å². The number of hydrogen-bond donors (Lipinski definition) is 0. The maximum atomic E-state index is 4.46. The minimum absolute atomic E-state index is 0.498. The van der Waals surface area contributed by atoms with E-state index in [4.69, 9.17) is 0 Å². The average molecular weight is 252 g/mol. The average Bonchev–Trinajstić information content (AvgIpc) is 2.39. The van der Waals surface area contributed by atoms with Gasteiger partial charge in [0.2, 0.25) is 5.95 Å². The summed E-state index contributed by atoms with van der Waals surface area (Å²) in [6, 6.07) is 0. The molecule has 0 unspecified atom stereocenters. The lowest BCUT2D eigenvalue weighted by Crippen LogP contribution is -2.44. The van der Waals surface area contributed by atoms with E-state index in [9.17, 15) is 0 Å². The van der Waals surface area contributed by atoms with Gasteiger partial charge in [-0.05, 0) is 17.7 Å². The number of rotatable bonds is 3. The van der Waals surface area contributed by atoms with Crippen LogP contribution in [0, 0.1) is 0 Å². The van der Waals surface area contributed by atoms with Crippen molar-refractivity contribution in [2.75, 3.05) is 37.3 Å². The Balaban J connectivity index is 1.99. The van der Waals surface area contributed by atoms with E-state index in [0.29, 0.717) is 5.92 Å². The molecular formula is C12H20N4S. The van der Waals surface area contributed by atoms with Crippen LogP contribution in [0.3, 0.4) is 0 Å². The quantitative estimate of drug-likeness (QED) is 0.768. The minimum Gasteiger partial charge on any atom is -0.338 e. The summed E-state index contributed by atoms with van der Waals surface area (Å²) in [5, 5.41) is 0. The third-order valence-electron chi connectivity index (χ3n) is 3.10. The number of anilines is 1. The molecule has 1 saturated heterocycles. The predicted octanol–water partition coefficient (Wildman–Crippen LogP) is 2.00. The van der Waals surface area contributed by atoms with Crippen molar-refractivity contribution in [3.8, 4) is 0 Å². The fourth-order valence-corrected chi connectivity index (χ4v) is 2.39. The Labute approximate surface area is 108 Å². The SMILES string of the molecule is CSN1CCN(c2ncc(C(C)C)cn2)CC1. The summed E-state index contributed by atoms with van der Waals surface area (Å²) < 4.78 is 2.37. The molecule has 0 aromatic carbocycles. The second-order valence-electron chi connectivity index (χ2n) is 4.57. The highest BCUT2D eigenvalue weighted by atomic mass is 32.2. The fraction of sp³-hybridized carbons (Fsp3) is 0.667. The van der Waals surface area contributed by atoms with Gasteiger partial charge >= 0.3 is 0 Å². The molecule has 0 saturated carbocycles. The zero-order chi connectivity index (χ0) is 12.3. The summed E-state index contributed by atoms with van der Waals surface area (Å²) in [4.78, 5) is 11.2. The molecule has 0 amide bonds. The van der Waals surface area contributed by atoms with Crippen LogP contribution in [0.4, 0.5) is 5.95 Å². The highest BCUT2D eigenvalue weighted by Crippen LogP contribution is 2.17. The van der Waals surface area contributed by atoms with Gasteiger partial charge in [0.05, 0.1) is 0 Å². The van der Waals surface area contributed by atoms with Crippen LogP contribution in [-0.4, -0.2) is 46.7 Å². The molecule has 0 spiro atoms. The van der Waals surface area contributed by atoms with Crippen LogP contribution in [0.5, 0.6) is 0 Å². The van der Waals surface area contributed by atoms with Crippen molar-refractivity contribution in [3.05, 3.63) is 18.0 Å². The zero-order valence-electron chi connectivity index (χ0n) is 10.8. The predicted molar refractivity (Wildman–Crippen MR) is 73.4 cm³/mol. The van der Waals surface area contributed by atoms with Crippen LogP contribution in [0.1, 0.15) is 25.3 Å². The van der Waals surface area contributed by atoms with Gasteiger partial charge in [-0.15, -0.1) is 0 Å². The Kier molecular flexibility index (Phi) is 4.23. The summed E-state index contributed by atoms with van der Waals surface area (Å²) in [7, 11) is 0. The third kappa shape index (κ3) is 3.10. The van der Waals surface area contributed by atoms with Gasteiger partial charge in [0.1, 0.15) is 0 Å². The van der Waals surface area contributed by atoms with Crippen LogP contribution in [0.15, 0.2) is 12.4 Å². The van der Waals surface area contributed by atoms with Crippen LogP contribution in [0.2, 0.25) is 0 Å². The molecule has 94 valence electrons. The van der Waals surface area contributed by atoms with Crippen molar-refractivity contribution in [3.63, 3.8) is 0 Å². The lowest BCUT2D eigenvalue weighted by molar-refractivity contribution is 0.427. The van der Waals surface area contributed by atoms with E-state index in [2.05, 4.69) is 39.3 Å². The molecule has 1 fully saturated rings. The molecule has 2 heterocycles. The lowest BCUT2D eigenvalue weighted by Gasteiger charge is -2.33. The van der Waals surface area contributed by atoms with Crippen molar-refractivity contribution in [2.45, 2.75) is 19.8 Å². The van der Waals surface area contributed by atoms with E-state index in [1.54, 1.807) is 0 Å². The monoisotopic (exact) mass is 252 g/mol. The van der Waals surface area contributed by atoms with Crippen molar-refractivity contribution < 1.29 is 0 Å². The Morgan fingerprint density at radius 2 is 1.71 bits per heavy atom. The molecule has 1 aromatic rings. The number of aromatic nitrogens is 2. The number of nitrogens with zero attached hydrogens (tertiary/aromatic N) is 4. The molecule has 5 heteroatoms. The molecular weight excluding hydrogens is 232 g/mol. The zero-order valence-corrected chi connectivity index (χ0v) is 11.6. The second-order valence-corrected chi connectivity index (χ2v) is 5.45. The molecule has 2 rings (SSSR count). The summed E-state index contributed by atoms with van der Waals surface area (Å²) >= 11 is 1.82. The van der Waals surface area contributed by atoms with Crippen LogP contribution in [0.25, 0.3) is 0 Å². The molecule has 0 atom stereocenters. The van der Waals surface area contributed by atoms with Crippen molar-refractivity contribution in [1.29, 1.82) is 0 Å². The third-order valence-corrected chi connectivity index (χ3v) is 3.99. The molecule has 4 nitrogen and oxygen atoms in total. The van der Waals surface area contributed by atoms with Crippen LogP contribution >= 0.6 is 11.9 Å². The first-order chi connectivity index (χ1) is 8.20. The van der Waals surface area contributed by atoms with E-state index in [0.717, 1.165) is 32.1 Å². The fourth-order valence-electron chi connectivity index (χ4n) is 1.86. The molecule has 0 radical (unpaired) electrons. The van der Waals surface area contributed by atoms with E-state index < -0.39 is 0 Å². The molecule has 0 aliphatic carbocycles. The van der Waals surface area contributed by atoms with E-state index in [1.165, 1.54) is 5.56 Å². The topological polar surface area (TPSA) is 32.3 Å². The summed E-state index contributed by atoms with van der Waals surface area (Å²) in [6.45, 7) is 8.52. The normalized spacial score (nSPS) is 17.8. The number of hydrogen-bond acceptors (Lipinski definition) is 5. The molecule has 1 aliphatic heterocycles. The van der Waals surface area contributed by atoms with Crippen molar-refractivity contribution in [1.82, 2.24) is 14.3 Å². The first-order valence-corrected chi connectivity index (χ1v) is 7.25. The number of piperazine rings is 1.